The summed E-state index contributed by atoms with van der Waals surface area (Å²) in [7, 11) is 0. The molecule has 0 bridgehead atoms. The van der Waals surface area contributed by atoms with Crippen LogP contribution in [0.1, 0.15) is 16.1 Å². The molecule has 5 heteroatoms. The van der Waals surface area contributed by atoms with Crippen LogP contribution in [0.25, 0.3) is 0 Å². The monoisotopic (exact) mass is 206 g/mol. The highest BCUT2D eigenvalue weighted by molar-refractivity contribution is 6.07. The third-order valence-corrected chi connectivity index (χ3v) is 1.83. The maximum absolute atomic E-state index is 12.8. The molecule has 0 fully saturated rings. The highest BCUT2D eigenvalue weighted by Crippen LogP contribution is 2.12. The molecule has 0 aliphatic heterocycles. The summed E-state index contributed by atoms with van der Waals surface area (Å²) in [5.74, 6) is -0.926. The Labute approximate surface area is 84.5 Å². The Kier molecular flexibility index (Phi) is 2.21. The summed E-state index contributed by atoms with van der Waals surface area (Å²) in [5.41, 5.74) is 5.42. The second-order valence-corrected chi connectivity index (χ2v) is 2.90. The normalized spacial score (nSPS) is 10.2. The SMILES string of the molecule is Nc1ncc(C(=O)c2cccc(F)c2)o1. The van der Waals surface area contributed by atoms with Gasteiger partial charge in [-0.05, 0) is 12.1 Å². The number of nitrogens with zero attached hydrogens (tertiary/aromatic N) is 1. The first-order chi connectivity index (χ1) is 7.16. The van der Waals surface area contributed by atoms with Crippen LogP contribution in [0.15, 0.2) is 34.9 Å². The van der Waals surface area contributed by atoms with Gasteiger partial charge < -0.3 is 10.2 Å². The van der Waals surface area contributed by atoms with Gasteiger partial charge in [0.05, 0.1) is 6.20 Å². The van der Waals surface area contributed by atoms with Crippen molar-refractivity contribution in [2.24, 2.45) is 0 Å². The van der Waals surface area contributed by atoms with E-state index in [0.29, 0.717) is 0 Å². The smallest absolute Gasteiger partial charge is 0.292 e. The molecule has 2 rings (SSSR count). The van der Waals surface area contributed by atoms with E-state index >= 15 is 0 Å². The number of carbonyl (C=O) groups is 1. The summed E-state index contributed by atoms with van der Waals surface area (Å²) < 4.78 is 17.7. The molecular weight excluding hydrogens is 199 g/mol. The van der Waals surface area contributed by atoms with Crippen molar-refractivity contribution in [1.82, 2.24) is 4.98 Å². The second-order valence-electron chi connectivity index (χ2n) is 2.90. The van der Waals surface area contributed by atoms with Gasteiger partial charge in [0.2, 0.25) is 5.78 Å². The van der Waals surface area contributed by atoms with Crippen LogP contribution in [0.3, 0.4) is 0 Å². The first kappa shape index (κ1) is 9.39. The molecule has 4 nitrogen and oxygen atoms in total. The van der Waals surface area contributed by atoms with E-state index in [1.807, 2.05) is 0 Å². The number of hydrogen-bond donors (Lipinski definition) is 1. The molecule has 0 aliphatic carbocycles. The van der Waals surface area contributed by atoms with Crippen molar-refractivity contribution in [2.45, 2.75) is 0 Å². The minimum Gasteiger partial charge on any atom is -0.420 e. The van der Waals surface area contributed by atoms with Crippen molar-refractivity contribution in [1.29, 1.82) is 0 Å². The van der Waals surface area contributed by atoms with E-state index in [9.17, 15) is 9.18 Å². The van der Waals surface area contributed by atoms with Crippen molar-refractivity contribution < 1.29 is 13.6 Å². The van der Waals surface area contributed by atoms with E-state index in [0.717, 1.165) is 6.07 Å². The van der Waals surface area contributed by atoms with Crippen LogP contribution in [-0.2, 0) is 0 Å². The minimum atomic E-state index is -0.478. The number of halogens is 1. The van der Waals surface area contributed by atoms with E-state index < -0.39 is 11.6 Å². The molecule has 0 unspecified atom stereocenters. The van der Waals surface area contributed by atoms with Crippen LogP contribution >= 0.6 is 0 Å². The van der Waals surface area contributed by atoms with Crippen LogP contribution < -0.4 is 5.73 Å². The van der Waals surface area contributed by atoms with Gasteiger partial charge in [0, 0.05) is 5.56 Å². The third kappa shape index (κ3) is 1.85. The van der Waals surface area contributed by atoms with Gasteiger partial charge >= 0.3 is 0 Å². The molecule has 15 heavy (non-hydrogen) atoms. The number of aromatic nitrogens is 1. The Hall–Kier alpha value is -2.17. The number of ketones is 1. The maximum Gasteiger partial charge on any atom is 0.292 e. The lowest BCUT2D eigenvalue weighted by Crippen LogP contribution is -1.99. The van der Waals surface area contributed by atoms with E-state index in [4.69, 9.17) is 10.2 Å². The fourth-order valence-corrected chi connectivity index (χ4v) is 1.16. The highest BCUT2D eigenvalue weighted by Gasteiger charge is 2.14. The lowest BCUT2D eigenvalue weighted by atomic mass is 10.1. The zero-order valence-corrected chi connectivity index (χ0v) is 7.61. The van der Waals surface area contributed by atoms with Crippen LogP contribution in [0.4, 0.5) is 10.4 Å². The van der Waals surface area contributed by atoms with Gasteiger partial charge in [0.25, 0.3) is 6.01 Å². The van der Waals surface area contributed by atoms with E-state index in [1.165, 1.54) is 24.4 Å². The first-order valence-electron chi connectivity index (χ1n) is 4.18. The number of rotatable bonds is 2. The van der Waals surface area contributed by atoms with Gasteiger partial charge in [0.15, 0.2) is 5.76 Å². The summed E-state index contributed by atoms with van der Waals surface area (Å²) in [6, 6.07) is 5.23. The Morgan fingerprint density at radius 1 is 1.47 bits per heavy atom. The number of anilines is 1. The molecule has 1 aromatic heterocycles. The van der Waals surface area contributed by atoms with Crippen LogP contribution in [0, 0.1) is 5.82 Å². The van der Waals surface area contributed by atoms with Gasteiger partial charge in [-0.2, -0.15) is 0 Å². The summed E-state index contributed by atoms with van der Waals surface area (Å²) in [5, 5.41) is 0. The third-order valence-electron chi connectivity index (χ3n) is 1.83. The molecule has 0 saturated heterocycles. The van der Waals surface area contributed by atoms with Crippen molar-refractivity contribution in [3.05, 3.63) is 47.6 Å². The largest absolute Gasteiger partial charge is 0.420 e. The van der Waals surface area contributed by atoms with Crippen LogP contribution in [-0.4, -0.2) is 10.8 Å². The van der Waals surface area contributed by atoms with Crippen LogP contribution in [0.2, 0.25) is 0 Å². The fraction of sp³-hybridized carbons (Fsp3) is 0. The molecule has 0 aliphatic rings. The summed E-state index contributed by atoms with van der Waals surface area (Å²) in [6.07, 6.45) is 1.21. The summed E-state index contributed by atoms with van der Waals surface area (Å²) >= 11 is 0. The molecule has 76 valence electrons. The molecule has 0 radical (unpaired) electrons. The average molecular weight is 206 g/mol. The number of benzene rings is 1. The number of hydrogen-bond acceptors (Lipinski definition) is 4. The molecule has 0 spiro atoms. The maximum atomic E-state index is 12.8. The number of nitrogens with two attached hydrogens (primary N) is 1. The molecule has 1 heterocycles. The predicted molar refractivity (Wildman–Crippen MR) is 50.7 cm³/mol. The standard InChI is InChI=1S/C10H7FN2O2/c11-7-3-1-2-6(4-7)9(14)8-5-13-10(12)15-8/h1-5H,(H2,12,13). The van der Waals surface area contributed by atoms with E-state index in [1.54, 1.807) is 0 Å². The highest BCUT2D eigenvalue weighted by atomic mass is 19.1. The quantitative estimate of drug-likeness (QED) is 0.758. The van der Waals surface area contributed by atoms with Gasteiger partial charge in [-0.1, -0.05) is 12.1 Å². The van der Waals surface area contributed by atoms with Gasteiger partial charge in [-0.25, -0.2) is 9.37 Å². The average Bonchev–Trinajstić information content (AvgIpc) is 2.64. The predicted octanol–water partition coefficient (Wildman–Crippen LogP) is 1.63. The van der Waals surface area contributed by atoms with E-state index in [2.05, 4.69) is 4.98 Å². The zero-order chi connectivity index (χ0) is 10.8. The molecule has 2 aromatic rings. The molecule has 2 N–H and O–H groups in total. The number of nitrogen functional groups attached to an aromatic ring is 1. The van der Waals surface area contributed by atoms with Crippen molar-refractivity contribution in [3.8, 4) is 0 Å². The fourth-order valence-electron chi connectivity index (χ4n) is 1.16. The van der Waals surface area contributed by atoms with Gasteiger partial charge in [-0.3, -0.25) is 4.79 Å². The van der Waals surface area contributed by atoms with Crippen molar-refractivity contribution in [3.63, 3.8) is 0 Å². The Bertz CT molecular complexity index is 508. The van der Waals surface area contributed by atoms with Crippen molar-refractivity contribution >= 4 is 11.8 Å². The summed E-state index contributed by atoms with van der Waals surface area (Å²) in [6.45, 7) is 0. The Morgan fingerprint density at radius 3 is 2.87 bits per heavy atom. The molecule has 0 atom stereocenters. The van der Waals surface area contributed by atoms with Gasteiger partial charge in [0.1, 0.15) is 5.82 Å². The molecular formula is C10H7FN2O2. The Morgan fingerprint density at radius 2 is 2.27 bits per heavy atom. The van der Waals surface area contributed by atoms with E-state index in [-0.39, 0.29) is 17.3 Å². The number of oxazole rings is 1. The molecule has 0 saturated carbocycles. The second kappa shape index (κ2) is 3.53. The summed E-state index contributed by atoms with van der Waals surface area (Å²) in [4.78, 5) is 15.2. The lowest BCUT2D eigenvalue weighted by molar-refractivity contribution is 0.101. The zero-order valence-electron chi connectivity index (χ0n) is 7.61. The Balaban J connectivity index is 2.36. The minimum absolute atomic E-state index is 0.00176. The first-order valence-corrected chi connectivity index (χ1v) is 4.18. The molecule has 0 amide bonds. The number of carbonyl (C=O) groups excluding carboxylic acids is 1. The van der Waals surface area contributed by atoms with Gasteiger partial charge in [-0.15, -0.1) is 0 Å². The lowest BCUT2D eigenvalue weighted by Gasteiger charge is -1.96. The topological polar surface area (TPSA) is 69.1 Å². The van der Waals surface area contributed by atoms with Crippen LogP contribution in [0.5, 0.6) is 0 Å². The molecule has 1 aromatic carbocycles. The van der Waals surface area contributed by atoms with Crippen molar-refractivity contribution in [2.75, 3.05) is 5.73 Å².